The van der Waals surface area contributed by atoms with Gasteiger partial charge in [0.1, 0.15) is 5.82 Å². The third kappa shape index (κ3) is 3.82. The van der Waals surface area contributed by atoms with Crippen molar-refractivity contribution in [1.29, 1.82) is 0 Å². The summed E-state index contributed by atoms with van der Waals surface area (Å²) in [4.78, 5) is 14.1. The molecule has 1 heterocycles. The van der Waals surface area contributed by atoms with E-state index in [0.29, 0.717) is 38.5 Å². The van der Waals surface area contributed by atoms with Crippen molar-refractivity contribution >= 4 is 11.6 Å². The molecule has 1 aliphatic carbocycles. The molecule has 2 aliphatic rings. The fourth-order valence-corrected chi connectivity index (χ4v) is 3.36. The zero-order valence-corrected chi connectivity index (χ0v) is 13.3. The first-order valence-corrected chi connectivity index (χ1v) is 8.29. The molecular formula is C17H24FN3O2. The van der Waals surface area contributed by atoms with Crippen molar-refractivity contribution < 1.29 is 13.9 Å². The van der Waals surface area contributed by atoms with Crippen molar-refractivity contribution in [3.63, 3.8) is 0 Å². The molecule has 2 atom stereocenters. The van der Waals surface area contributed by atoms with Gasteiger partial charge in [-0.15, -0.1) is 0 Å². The third-order valence-electron chi connectivity index (χ3n) is 4.74. The van der Waals surface area contributed by atoms with Crippen LogP contribution < -0.4 is 16.0 Å². The standard InChI is InChI=1S/C17H24FN3O2/c18-14-10-12(4-5-16(14)21-6-8-23-9-7-21)11-20-17(22)13-2-1-3-15(13)19/h4-5,10,13,15H,1-3,6-9,11,19H2,(H,20,22)/t13-,15-/m1/s1. The van der Waals surface area contributed by atoms with E-state index in [1.807, 2.05) is 11.0 Å². The predicted molar refractivity (Wildman–Crippen MR) is 86.6 cm³/mol. The number of nitrogens with zero attached hydrogens (tertiary/aromatic N) is 1. The fourth-order valence-electron chi connectivity index (χ4n) is 3.36. The first kappa shape index (κ1) is 16.2. The number of nitrogens with two attached hydrogens (primary N) is 1. The number of amides is 1. The second-order valence-electron chi connectivity index (χ2n) is 6.30. The molecule has 0 radical (unpaired) electrons. The topological polar surface area (TPSA) is 67.6 Å². The second kappa shape index (κ2) is 7.27. The van der Waals surface area contributed by atoms with Gasteiger partial charge in [-0.3, -0.25) is 4.79 Å². The summed E-state index contributed by atoms with van der Waals surface area (Å²) >= 11 is 0. The van der Waals surface area contributed by atoms with E-state index < -0.39 is 0 Å². The lowest BCUT2D eigenvalue weighted by Crippen LogP contribution is -2.38. The fraction of sp³-hybridized carbons (Fsp3) is 0.588. The zero-order valence-electron chi connectivity index (χ0n) is 13.3. The Morgan fingerprint density at radius 1 is 1.35 bits per heavy atom. The number of anilines is 1. The molecule has 5 nitrogen and oxygen atoms in total. The molecule has 126 valence electrons. The minimum absolute atomic E-state index is 0.0207. The average Bonchev–Trinajstić information content (AvgIpc) is 3.00. The molecule has 0 spiro atoms. The highest BCUT2D eigenvalue weighted by Crippen LogP contribution is 2.24. The molecule has 1 aromatic rings. The molecule has 1 amide bonds. The summed E-state index contributed by atoms with van der Waals surface area (Å²) in [6, 6.07) is 5.10. The summed E-state index contributed by atoms with van der Waals surface area (Å²) in [7, 11) is 0. The largest absolute Gasteiger partial charge is 0.378 e. The van der Waals surface area contributed by atoms with Crippen LogP contribution in [0.1, 0.15) is 24.8 Å². The van der Waals surface area contributed by atoms with Gasteiger partial charge in [-0.05, 0) is 30.5 Å². The average molecular weight is 321 g/mol. The Morgan fingerprint density at radius 3 is 2.78 bits per heavy atom. The van der Waals surface area contributed by atoms with E-state index in [4.69, 9.17) is 10.5 Å². The van der Waals surface area contributed by atoms with Crippen molar-refractivity contribution in [2.24, 2.45) is 11.7 Å². The minimum Gasteiger partial charge on any atom is -0.378 e. The highest BCUT2D eigenvalue weighted by molar-refractivity contribution is 5.79. The van der Waals surface area contributed by atoms with Crippen LogP contribution >= 0.6 is 0 Å². The van der Waals surface area contributed by atoms with Crippen LogP contribution in [0.15, 0.2) is 18.2 Å². The van der Waals surface area contributed by atoms with E-state index in [1.54, 1.807) is 6.07 Å². The Hall–Kier alpha value is -1.66. The first-order valence-electron chi connectivity index (χ1n) is 8.29. The maximum absolute atomic E-state index is 14.3. The molecule has 23 heavy (non-hydrogen) atoms. The lowest BCUT2D eigenvalue weighted by atomic mass is 10.0. The summed E-state index contributed by atoms with van der Waals surface area (Å²) in [5.41, 5.74) is 7.30. The molecule has 6 heteroatoms. The summed E-state index contributed by atoms with van der Waals surface area (Å²) in [5.74, 6) is -0.378. The Kier molecular flexibility index (Phi) is 5.13. The number of carbonyl (C=O) groups is 1. The third-order valence-corrected chi connectivity index (χ3v) is 4.74. The number of nitrogens with one attached hydrogen (secondary N) is 1. The molecule has 0 bridgehead atoms. The summed E-state index contributed by atoms with van der Waals surface area (Å²) in [6.07, 6.45) is 2.75. The Bertz CT molecular complexity index is 561. The van der Waals surface area contributed by atoms with Crippen molar-refractivity contribution in [2.45, 2.75) is 31.8 Å². The van der Waals surface area contributed by atoms with Gasteiger partial charge in [-0.1, -0.05) is 12.5 Å². The molecule has 2 fully saturated rings. The van der Waals surface area contributed by atoms with Crippen molar-refractivity contribution in [2.75, 3.05) is 31.2 Å². The maximum atomic E-state index is 14.3. The molecule has 1 aliphatic heterocycles. The number of benzene rings is 1. The van der Waals surface area contributed by atoms with Gasteiger partial charge in [0.05, 0.1) is 24.8 Å². The van der Waals surface area contributed by atoms with Gasteiger partial charge in [-0.2, -0.15) is 0 Å². The molecule has 3 N–H and O–H groups in total. The van der Waals surface area contributed by atoms with Gasteiger partial charge >= 0.3 is 0 Å². The van der Waals surface area contributed by atoms with Crippen LogP contribution in [-0.4, -0.2) is 38.3 Å². The van der Waals surface area contributed by atoms with E-state index in [2.05, 4.69) is 5.32 Å². The highest BCUT2D eigenvalue weighted by Gasteiger charge is 2.29. The summed E-state index contributed by atoms with van der Waals surface area (Å²) in [6.45, 7) is 2.99. The van der Waals surface area contributed by atoms with Gasteiger partial charge in [0, 0.05) is 25.7 Å². The molecule has 1 saturated carbocycles. The Labute approximate surface area is 136 Å². The normalized spacial score (nSPS) is 24.7. The number of halogens is 1. The zero-order chi connectivity index (χ0) is 16.2. The van der Waals surface area contributed by atoms with Crippen LogP contribution in [0, 0.1) is 11.7 Å². The van der Waals surface area contributed by atoms with Gasteiger partial charge in [0.25, 0.3) is 0 Å². The summed E-state index contributed by atoms with van der Waals surface area (Å²) < 4.78 is 19.6. The van der Waals surface area contributed by atoms with Gasteiger partial charge < -0.3 is 20.7 Å². The quantitative estimate of drug-likeness (QED) is 0.880. The van der Waals surface area contributed by atoms with Crippen LogP contribution in [-0.2, 0) is 16.1 Å². The van der Waals surface area contributed by atoms with Crippen molar-refractivity contribution in [3.05, 3.63) is 29.6 Å². The van der Waals surface area contributed by atoms with E-state index in [0.717, 1.165) is 24.8 Å². The maximum Gasteiger partial charge on any atom is 0.224 e. The van der Waals surface area contributed by atoms with Gasteiger partial charge in [0.15, 0.2) is 0 Å². The number of carbonyl (C=O) groups excluding carboxylic acids is 1. The minimum atomic E-state index is -0.254. The van der Waals surface area contributed by atoms with Crippen LogP contribution in [0.4, 0.5) is 10.1 Å². The number of hydrogen-bond donors (Lipinski definition) is 2. The van der Waals surface area contributed by atoms with E-state index >= 15 is 0 Å². The first-order chi connectivity index (χ1) is 11.1. The van der Waals surface area contributed by atoms with Crippen LogP contribution in [0.25, 0.3) is 0 Å². The van der Waals surface area contributed by atoms with Crippen LogP contribution in [0.3, 0.4) is 0 Å². The second-order valence-corrected chi connectivity index (χ2v) is 6.30. The van der Waals surface area contributed by atoms with Crippen LogP contribution in [0.2, 0.25) is 0 Å². The molecular weight excluding hydrogens is 297 g/mol. The Morgan fingerprint density at radius 2 is 2.13 bits per heavy atom. The summed E-state index contributed by atoms with van der Waals surface area (Å²) in [5, 5.41) is 2.88. The Balaban J connectivity index is 1.58. The molecule has 0 unspecified atom stereocenters. The molecule has 1 saturated heterocycles. The smallest absolute Gasteiger partial charge is 0.224 e. The van der Waals surface area contributed by atoms with Gasteiger partial charge in [-0.25, -0.2) is 4.39 Å². The lowest BCUT2D eigenvalue weighted by molar-refractivity contribution is -0.125. The number of hydrogen-bond acceptors (Lipinski definition) is 4. The molecule has 3 rings (SSSR count). The molecule has 0 aromatic heterocycles. The van der Waals surface area contributed by atoms with E-state index in [9.17, 15) is 9.18 Å². The van der Waals surface area contributed by atoms with Crippen molar-refractivity contribution in [3.8, 4) is 0 Å². The number of ether oxygens (including phenoxy) is 1. The number of morpholine rings is 1. The lowest BCUT2D eigenvalue weighted by Gasteiger charge is -2.29. The highest BCUT2D eigenvalue weighted by atomic mass is 19.1. The monoisotopic (exact) mass is 321 g/mol. The van der Waals surface area contributed by atoms with E-state index in [-0.39, 0.29) is 23.7 Å². The van der Waals surface area contributed by atoms with Crippen LogP contribution in [0.5, 0.6) is 0 Å². The van der Waals surface area contributed by atoms with Crippen molar-refractivity contribution in [1.82, 2.24) is 5.32 Å². The molecule has 1 aromatic carbocycles. The predicted octanol–water partition coefficient (Wildman–Crippen LogP) is 1.41. The SMILES string of the molecule is N[C@@H]1CCC[C@H]1C(=O)NCc1ccc(N2CCOCC2)c(F)c1. The van der Waals surface area contributed by atoms with E-state index in [1.165, 1.54) is 6.07 Å². The number of rotatable bonds is 4. The van der Waals surface area contributed by atoms with Gasteiger partial charge in [0.2, 0.25) is 5.91 Å².